The predicted molar refractivity (Wildman–Crippen MR) is 71.0 cm³/mol. The van der Waals surface area contributed by atoms with E-state index in [4.69, 9.17) is 9.84 Å². The van der Waals surface area contributed by atoms with Crippen molar-refractivity contribution in [3.05, 3.63) is 0 Å². The Morgan fingerprint density at radius 2 is 2.21 bits per heavy atom. The molecule has 0 aromatic heterocycles. The van der Waals surface area contributed by atoms with Crippen molar-refractivity contribution in [2.75, 3.05) is 26.3 Å². The number of rotatable bonds is 5. The molecule has 2 amide bonds. The number of carbonyl (C=O) groups is 2. The van der Waals surface area contributed by atoms with Gasteiger partial charge >= 0.3 is 12.0 Å². The van der Waals surface area contributed by atoms with Gasteiger partial charge < -0.3 is 20.1 Å². The second-order valence-electron chi connectivity index (χ2n) is 5.17. The molecule has 1 aliphatic rings. The normalized spacial score (nSPS) is 24.6. The molecular formula is C13H24N2O4. The molecule has 2 N–H and O–H groups in total. The monoisotopic (exact) mass is 272 g/mol. The zero-order valence-electron chi connectivity index (χ0n) is 11.9. The third kappa shape index (κ3) is 4.70. The second-order valence-corrected chi connectivity index (χ2v) is 5.17. The molecular weight excluding hydrogens is 248 g/mol. The van der Waals surface area contributed by atoms with Gasteiger partial charge in [-0.1, -0.05) is 13.8 Å². The fourth-order valence-electron chi connectivity index (χ4n) is 2.11. The Labute approximate surface area is 114 Å². The van der Waals surface area contributed by atoms with E-state index in [9.17, 15) is 9.59 Å². The van der Waals surface area contributed by atoms with Crippen molar-refractivity contribution in [3.63, 3.8) is 0 Å². The van der Waals surface area contributed by atoms with Gasteiger partial charge in [0.2, 0.25) is 0 Å². The average molecular weight is 272 g/mol. The summed E-state index contributed by atoms with van der Waals surface area (Å²) in [6, 6.07) is -0.0789. The van der Waals surface area contributed by atoms with Crippen LogP contribution in [-0.4, -0.2) is 54.4 Å². The molecule has 110 valence electrons. The molecule has 0 aliphatic carbocycles. The van der Waals surface area contributed by atoms with E-state index >= 15 is 0 Å². The molecule has 3 atom stereocenters. The summed E-state index contributed by atoms with van der Waals surface area (Å²) in [6.45, 7) is 7.54. The summed E-state index contributed by atoms with van der Waals surface area (Å²) >= 11 is 0. The second kappa shape index (κ2) is 7.33. The molecule has 1 fully saturated rings. The number of hydrogen-bond donors (Lipinski definition) is 2. The van der Waals surface area contributed by atoms with Gasteiger partial charge in [-0.2, -0.15) is 0 Å². The Balaban J connectivity index is 2.51. The van der Waals surface area contributed by atoms with Crippen LogP contribution in [0.5, 0.6) is 0 Å². The van der Waals surface area contributed by atoms with E-state index in [1.54, 1.807) is 11.8 Å². The lowest BCUT2D eigenvalue weighted by Gasteiger charge is -2.32. The maximum Gasteiger partial charge on any atom is 0.317 e. The van der Waals surface area contributed by atoms with E-state index in [2.05, 4.69) is 5.32 Å². The Hall–Kier alpha value is -1.30. The highest BCUT2D eigenvalue weighted by molar-refractivity contribution is 5.76. The van der Waals surface area contributed by atoms with Gasteiger partial charge in [0.15, 0.2) is 0 Å². The molecule has 0 bridgehead atoms. The van der Waals surface area contributed by atoms with Crippen LogP contribution in [-0.2, 0) is 9.53 Å². The maximum absolute atomic E-state index is 12.1. The Bertz CT molecular complexity index is 322. The SMILES string of the molecule is CCN(CC(C)C(=O)O)C(=O)NC1CCOCC1C. The van der Waals surface area contributed by atoms with Crippen LogP contribution in [0.2, 0.25) is 0 Å². The number of amides is 2. The zero-order chi connectivity index (χ0) is 14.4. The minimum atomic E-state index is -0.884. The molecule has 0 spiro atoms. The van der Waals surface area contributed by atoms with Gasteiger partial charge in [-0.15, -0.1) is 0 Å². The minimum Gasteiger partial charge on any atom is -0.481 e. The maximum atomic E-state index is 12.1. The molecule has 0 radical (unpaired) electrons. The number of carboxylic acid groups (broad SMARTS) is 1. The van der Waals surface area contributed by atoms with Crippen molar-refractivity contribution in [1.29, 1.82) is 0 Å². The summed E-state index contributed by atoms with van der Waals surface area (Å²) in [4.78, 5) is 24.5. The highest BCUT2D eigenvalue weighted by Gasteiger charge is 2.26. The molecule has 0 aromatic rings. The summed E-state index contributed by atoms with van der Waals surface area (Å²) < 4.78 is 5.33. The molecule has 6 heteroatoms. The summed E-state index contributed by atoms with van der Waals surface area (Å²) in [5.74, 6) is -1.16. The van der Waals surface area contributed by atoms with Crippen molar-refractivity contribution in [1.82, 2.24) is 10.2 Å². The molecule has 1 saturated heterocycles. The van der Waals surface area contributed by atoms with E-state index in [0.29, 0.717) is 19.8 Å². The smallest absolute Gasteiger partial charge is 0.317 e. The standard InChI is InChI=1S/C13H24N2O4/c1-4-15(7-9(2)12(16)17)13(18)14-11-5-6-19-8-10(11)3/h9-11H,4-8H2,1-3H3,(H,14,18)(H,16,17). The van der Waals surface area contributed by atoms with Crippen LogP contribution in [0.25, 0.3) is 0 Å². The van der Waals surface area contributed by atoms with E-state index in [1.165, 1.54) is 0 Å². The molecule has 0 aromatic carbocycles. The average Bonchev–Trinajstić information content (AvgIpc) is 2.38. The van der Waals surface area contributed by atoms with Crippen LogP contribution >= 0.6 is 0 Å². The first-order valence-corrected chi connectivity index (χ1v) is 6.81. The van der Waals surface area contributed by atoms with Gasteiger partial charge in [0.1, 0.15) is 0 Å². The molecule has 3 unspecified atom stereocenters. The van der Waals surface area contributed by atoms with Crippen molar-refractivity contribution in [3.8, 4) is 0 Å². The first-order valence-electron chi connectivity index (χ1n) is 6.81. The van der Waals surface area contributed by atoms with E-state index in [-0.39, 0.29) is 24.5 Å². The van der Waals surface area contributed by atoms with Crippen molar-refractivity contribution in [2.24, 2.45) is 11.8 Å². The van der Waals surface area contributed by atoms with Crippen molar-refractivity contribution < 1.29 is 19.4 Å². The van der Waals surface area contributed by atoms with E-state index in [0.717, 1.165) is 6.42 Å². The van der Waals surface area contributed by atoms with Crippen LogP contribution in [0.4, 0.5) is 4.79 Å². The first kappa shape index (κ1) is 15.8. The predicted octanol–water partition coefficient (Wildman–Crippen LogP) is 1.16. The number of carboxylic acids is 1. The molecule has 1 heterocycles. The molecule has 1 aliphatic heterocycles. The third-order valence-corrected chi connectivity index (χ3v) is 3.53. The first-order chi connectivity index (χ1) is 8.95. The highest BCUT2D eigenvalue weighted by Crippen LogP contribution is 2.14. The number of ether oxygens (including phenoxy) is 1. The van der Waals surface area contributed by atoms with Crippen molar-refractivity contribution in [2.45, 2.75) is 33.2 Å². The van der Waals surface area contributed by atoms with Crippen LogP contribution in [0.15, 0.2) is 0 Å². The van der Waals surface area contributed by atoms with Crippen LogP contribution in [0.1, 0.15) is 27.2 Å². The van der Waals surface area contributed by atoms with Crippen molar-refractivity contribution >= 4 is 12.0 Å². The van der Waals surface area contributed by atoms with Gasteiger partial charge in [-0.25, -0.2) is 4.79 Å². The number of urea groups is 1. The van der Waals surface area contributed by atoms with Gasteiger partial charge in [-0.3, -0.25) is 4.79 Å². The number of carbonyl (C=O) groups excluding carboxylic acids is 1. The Kier molecular flexibility index (Phi) is 6.08. The fourth-order valence-corrected chi connectivity index (χ4v) is 2.11. The quantitative estimate of drug-likeness (QED) is 0.787. The van der Waals surface area contributed by atoms with Gasteiger partial charge in [0.05, 0.1) is 12.5 Å². The molecule has 1 rings (SSSR count). The summed E-state index contributed by atoms with van der Waals surface area (Å²) in [6.07, 6.45) is 0.805. The summed E-state index contributed by atoms with van der Waals surface area (Å²) in [5.41, 5.74) is 0. The lowest BCUT2D eigenvalue weighted by Crippen LogP contribution is -2.51. The highest BCUT2D eigenvalue weighted by atomic mass is 16.5. The van der Waals surface area contributed by atoms with Crippen LogP contribution < -0.4 is 5.32 Å². The largest absolute Gasteiger partial charge is 0.481 e. The third-order valence-electron chi connectivity index (χ3n) is 3.53. The summed E-state index contributed by atoms with van der Waals surface area (Å²) in [5, 5.41) is 11.9. The van der Waals surface area contributed by atoms with Crippen LogP contribution in [0, 0.1) is 11.8 Å². The van der Waals surface area contributed by atoms with Gasteiger partial charge in [-0.05, 0) is 19.3 Å². The van der Waals surface area contributed by atoms with E-state index < -0.39 is 11.9 Å². The number of hydrogen-bond acceptors (Lipinski definition) is 3. The van der Waals surface area contributed by atoms with Gasteiger partial charge in [0, 0.05) is 25.7 Å². The van der Waals surface area contributed by atoms with Crippen LogP contribution in [0.3, 0.4) is 0 Å². The lowest BCUT2D eigenvalue weighted by molar-refractivity contribution is -0.141. The number of nitrogens with zero attached hydrogens (tertiary/aromatic N) is 1. The Morgan fingerprint density at radius 1 is 1.53 bits per heavy atom. The van der Waals surface area contributed by atoms with E-state index in [1.807, 2.05) is 13.8 Å². The molecule has 0 saturated carbocycles. The summed E-state index contributed by atoms with van der Waals surface area (Å²) in [7, 11) is 0. The molecule has 19 heavy (non-hydrogen) atoms. The molecule has 6 nitrogen and oxygen atoms in total. The fraction of sp³-hybridized carbons (Fsp3) is 0.846. The van der Waals surface area contributed by atoms with Gasteiger partial charge in [0.25, 0.3) is 0 Å². The lowest BCUT2D eigenvalue weighted by atomic mass is 9.98. The topological polar surface area (TPSA) is 78.9 Å². The number of nitrogens with one attached hydrogen (secondary N) is 1. The minimum absolute atomic E-state index is 0.107. The Morgan fingerprint density at radius 3 is 2.74 bits per heavy atom. The zero-order valence-corrected chi connectivity index (χ0v) is 11.9. The number of aliphatic carboxylic acids is 1.